The van der Waals surface area contributed by atoms with Crippen molar-refractivity contribution < 1.29 is 0 Å². The smallest absolute Gasteiger partial charge is 0.0196 e. The van der Waals surface area contributed by atoms with Crippen LogP contribution in [0.15, 0.2) is 30.3 Å². The third kappa shape index (κ3) is 4.11. The topological polar surface area (TPSA) is 38.0 Å². The molecule has 0 bridgehead atoms. The molecule has 2 heteroatoms. The fourth-order valence-electron chi connectivity index (χ4n) is 2.95. The summed E-state index contributed by atoms with van der Waals surface area (Å²) in [4.78, 5) is 0. The van der Waals surface area contributed by atoms with Crippen molar-refractivity contribution in [2.24, 2.45) is 11.7 Å². The van der Waals surface area contributed by atoms with Crippen LogP contribution >= 0.6 is 0 Å². The van der Waals surface area contributed by atoms with Gasteiger partial charge < -0.3 is 11.1 Å². The first-order valence-corrected chi connectivity index (χ1v) is 7.28. The van der Waals surface area contributed by atoms with Gasteiger partial charge in [-0.2, -0.15) is 0 Å². The van der Waals surface area contributed by atoms with Crippen LogP contribution in [0.2, 0.25) is 0 Å². The summed E-state index contributed by atoms with van der Waals surface area (Å²) in [6, 6.07) is 11.9. The van der Waals surface area contributed by atoms with Gasteiger partial charge in [-0.05, 0) is 43.6 Å². The number of hydrogen-bond acceptors (Lipinski definition) is 2. The molecule has 1 aliphatic rings. The SMILES string of the molecule is CC1CCC(NC(CN)CCc2ccccc2)C1. The van der Waals surface area contributed by atoms with Crippen molar-refractivity contribution in [1.29, 1.82) is 0 Å². The average Bonchev–Trinajstić information content (AvgIpc) is 2.81. The van der Waals surface area contributed by atoms with E-state index in [0.29, 0.717) is 12.1 Å². The molecule has 1 aromatic rings. The fraction of sp³-hybridized carbons (Fsp3) is 0.625. The minimum atomic E-state index is 0.473. The zero-order chi connectivity index (χ0) is 12.8. The second-order valence-electron chi connectivity index (χ2n) is 5.74. The van der Waals surface area contributed by atoms with Gasteiger partial charge in [0, 0.05) is 18.6 Å². The summed E-state index contributed by atoms with van der Waals surface area (Å²) < 4.78 is 0. The Hall–Kier alpha value is -0.860. The van der Waals surface area contributed by atoms with Crippen LogP contribution in [0.5, 0.6) is 0 Å². The maximum Gasteiger partial charge on any atom is 0.0196 e. The molecule has 0 amide bonds. The predicted molar refractivity (Wildman–Crippen MR) is 77.5 cm³/mol. The molecule has 0 heterocycles. The van der Waals surface area contributed by atoms with E-state index in [4.69, 9.17) is 5.73 Å². The van der Waals surface area contributed by atoms with Crippen molar-refractivity contribution in [2.75, 3.05) is 6.54 Å². The molecule has 1 saturated carbocycles. The first kappa shape index (κ1) is 13.6. The molecule has 3 N–H and O–H groups in total. The van der Waals surface area contributed by atoms with Crippen LogP contribution in [0.25, 0.3) is 0 Å². The fourth-order valence-corrected chi connectivity index (χ4v) is 2.95. The van der Waals surface area contributed by atoms with E-state index in [1.807, 2.05) is 0 Å². The van der Waals surface area contributed by atoms with Gasteiger partial charge in [-0.1, -0.05) is 37.3 Å². The van der Waals surface area contributed by atoms with Gasteiger partial charge in [-0.15, -0.1) is 0 Å². The van der Waals surface area contributed by atoms with E-state index in [9.17, 15) is 0 Å². The van der Waals surface area contributed by atoms with Crippen LogP contribution in [-0.2, 0) is 6.42 Å². The molecule has 0 aromatic heterocycles. The second kappa shape index (κ2) is 6.91. The highest BCUT2D eigenvalue weighted by Gasteiger charge is 2.22. The lowest BCUT2D eigenvalue weighted by Crippen LogP contribution is -2.42. The molecule has 0 aliphatic heterocycles. The minimum absolute atomic E-state index is 0.473. The molecule has 1 fully saturated rings. The highest BCUT2D eigenvalue weighted by atomic mass is 15.0. The minimum Gasteiger partial charge on any atom is -0.329 e. The van der Waals surface area contributed by atoms with Gasteiger partial charge in [0.15, 0.2) is 0 Å². The van der Waals surface area contributed by atoms with Crippen molar-refractivity contribution in [3.8, 4) is 0 Å². The van der Waals surface area contributed by atoms with Gasteiger partial charge >= 0.3 is 0 Å². The quantitative estimate of drug-likeness (QED) is 0.810. The van der Waals surface area contributed by atoms with Crippen LogP contribution in [0.4, 0.5) is 0 Å². The third-order valence-electron chi connectivity index (χ3n) is 4.08. The number of rotatable bonds is 6. The van der Waals surface area contributed by atoms with E-state index < -0.39 is 0 Å². The summed E-state index contributed by atoms with van der Waals surface area (Å²) in [7, 11) is 0. The molecule has 18 heavy (non-hydrogen) atoms. The summed E-state index contributed by atoms with van der Waals surface area (Å²) in [5, 5.41) is 3.74. The largest absolute Gasteiger partial charge is 0.329 e. The van der Waals surface area contributed by atoms with Crippen LogP contribution < -0.4 is 11.1 Å². The van der Waals surface area contributed by atoms with Crippen LogP contribution in [0, 0.1) is 5.92 Å². The van der Waals surface area contributed by atoms with E-state index >= 15 is 0 Å². The zero-order valence-corrected chi connectivity index (χ0v) is 11.4. The zero-order valence-electron chi connectivity index (χ0n) is 11.4. The van der Waals surface area contributed by atoms with E-state index in [0.717, 1.165) is 25.3 Å². The predicted octanol–water partition coefficient (Wildman–Crippen LogP) is 2.72. The summed E-state index contributed by atoms with van der Waals surface area (Å²) >= 11 is 0. The van der Waals surface area contributed by atoms with Crippen molar-refractivity contribution in [2.45, 2.75) is 51.1 Å². The lowest BCUT2D eigenvalue weighted by molar-refractivity contribution is 0.408. The molecule has 2 rings (SSSR count). The van der Waals surface area contributed by atoms with Gasteiger partial charge in [0.1, 0.15) is 0 Å². The van der Waals surface area contributed by atoms with E-state index in [2.05, 4.69) is 42.6 Å². The molecule has 0 spiro atoms. The van der Waals surface area contributed by atoms with E-state index in [1.165, 1.54) is 24.8 Å². The molecule has 100 valence electrons. The van der Waals surface area contributed by atoms with Gasteiger partial charge in [0.05, 0.1) is 0 Å². The number of nitrogens with one attached hydrogen (secondary N) is 1. The highest BCUT2D eigenvalue weighted by molar-refractivity contribution is 5.14. The Bertz CT molecular complexity index is 336. The molecule has 3 atom stereocenters. The molecule has 3 unspecified atom stereocenters. The van der Waals surface area contributed by atoms with Gasteiger partial charge in [-0.25, -0.2) is 0 Å². The van der Waals surface area contributed by atoms with Crippen LogP contribution in [0.3, 0.4) is 0 Å². The average molecular weight is 246 g/mol. The third-order valence-corrected chi connectivity index (χ3v) is 4.08. The van der Waals surface area contributed by atoms with Gasteiger partial charge in [0.2, 0.25) is 0 Å². The number of nitrogens with two attached hydrogens (primary N) is 1. The first-order chi connectivity index (χ1) is 8.78. The Balaban J connectivity index is 1.75. The summed E-state index contributed by atoms with van der Waals surface area (Å²) in [5.41, 5.74) is 7.30. The monoisotopic (exact) mass is 246 g/mol. The number of benzene rings is 1. The second-order valence-corrected chi connectivity index (χ2v) is 5.74. The van der Waals surface area contributed by atoms with Gasteiger partial charge in [-0.3, -0.25) is 0 Å². The van der Waals surface area contributed by atoms with Crippen LogP contribution in [-0.4, -0.2) is 18.6 Å². The standard InChI is InChI=1S/C16H26N2/c1-13-7-9-15(11-13)18-16(12-17)10-8-14-5-3-2-4-6-14/h2-6,13,15-16,18H,7-12,17H2,1H3. The van der Waals surface area contributed by atoms with E-state index in [-0.39, 0.29) is 0 Å². The highest BCUT2D eigenvalue weighted by Crippen LogP contribution is 2.25. The maximum absolute atomic E-state index is 5.89. The molecule has 1 aliphatic carbocycles. The molecular weight excluding hydrogens is 220 g/mol. The molecule has 0 saturated heterocycles. The Labute approximate surface area is 111 Å². The Morgan fingerprint density at radius 1 is 1.28 bits per heavy atom. The number of hydrogen-bond donors (Lipinski definition) is 2. The Kier molecular flexibility index (Phi) is 5.21. The lowest BCUT2D eigenvalue weighted by atomic mass is 10.0. The molecule has 1 aromatic carbocycles. The summed E-state index contributed by atoms with van der Waals surface area (Å²) in [5.74, 6) is 0.884. The van der Waals surface area contributed by atoms with Crippen molar-refractivity contribution in [1.82, 2.24) is 5.32 Å². The van der Waals surface area contributed by atoms with Crippen molar-refractivity contribution in [3.63, 3.8) is 0 Å². The van der Waals surface area contributed by atoms with E-state index in [1.54, 1.807) is 0 Å². The summed E-state index contributed by atoms with van der Waals surface area (Å²) in [6.07, 6.45) is 6.28. The first-order valence-electron chi connectivity index (χ1n) is 7.28. The molecule has 0 radical (unpaired) electrons. The normalized spacial score (nSPS) is 25.2. The van der Waals surface area contributed by atoms with Crippen molar-refractivity contribution >= 4 is 0 Å². The lowest BCUT2D eigenvalue weighted by Gasteiger charge is -2.21. The molecular formula is C16H26N2. The Morgan fingerprint density at radius 2 is 2.06 bits per heavy atom. The number of aryl methyl sites for hydroxylation is 1. The van der Waals surface area contributed by atoms with Crippen molar-refractivity contribution in [3.05, 3.63) is 35.9 Å². The molecule has 2 nitrogen and oxygen atoms in total. The van der Waals surface area contributed by atoms with Crippen LogP contribution in [0.1, 0.15) is 38.2 Å². The summed E-state index contributed by atoms with van der Waals surface area (Å²) in [6.45, 7) is 3.10. The van der Waals surface area contributed by atoms with Gasteiger partial charge in [0.25, 0.3) is 0 Å². The maximum atomic E-state index is 5.89. The Morgan fingerprint density at radius 3 is 2.67 bits per heavy atom.